The van der Waals surface area contributed by atoms with Gasteiger partial charge in [-0.05, 0) is 52.5 Å². The maximum Gasteiger partial charge on any atom is 0.294 e. The quantitative estimate of drug-likeness (QED) is 0.540. The summed E-state index contributed by atoms with van der Waals surface area (Å²) in [7, 11) is 2.96. The average Bonchev–Trinajstić information content (AvgIpc) is 2.59. The summed E-state index contributed by atoms with van der Waals surface area (Å²) in [4.78, 5) is 24.5. The number of carbonyl (C=O) groups is 1. The Kier molecular flexibility index (Phi) is 6.93. The van der Waals surface area contributed by atoms with Crippen LogP contribution >= 0.6 is 39.1 Å². The third-order valence-electron chi connectivity index (χ3n) is 3.69. The van der Waals surface area contributed by atoms with Gasteiger partial charge in [0.2, 0.25) is 0 Å². The normalized spacial score (nSPS) is 10.6. The van der Waals surface area contributed by atoms with Crippen LogP contribution in [-0.4, -0.2) is 24.1 Å². The first-order valence-corrected chi connectivity index (χ1v) is 9.05. The van der Waals surface area contributed by atoms with Gasteiger partial charge >= 0.3 is 0 Å². The Morgan fingerprint density at radius 2 is 2.00 bits per heavy atom. The number of pyridine rings is 1. The van der Waals surface area contributed by atoms with Gasteiger partial charge < -0.3 is 14.6 Å². The highest BCUT2D eigenvalue weighted by molar-refractivity contribution is 9.10. The molecule has 1 N–H and O–H groups in total. The number of aryl methyl sites for hydroxylation is 1. The molecule has 0 saturated carbocycles. The first-order chi connectivity index (χ1) is 11.8. The third-order valence-corrected chi connectivity index (χ3v) is 5.19. The van der Waals surface area contributed by atoms with Crippen LogP contribution in [0.2, 0.25) is 10.0 Å². The Morgan fingerprint density at radius 3 is 2.64 bits per heavy atom. The number of benzene rings is 1. The van der Waals surface area contributed by atoms with E-state index in [9.17, 15) is 9.59 Å². The number of carbonyl (C=O) groups excluding carboxylic acids is 1. The Balaban J connectivity index is 1.99. The van der Waals surface area contributed by atoms with Crippen LogP contribution in [0.1, 0.15) is 22.3 Å². The SMILES string of the molecule is COc1c(C(=O)NCCCc2ccc(Cl)c(Cl)c2)cc(Br)n(C)c1=O. The van der Waals surface area contributed by atoms with Gasteiger partial charge in [-0.1, -0.05) is 29.3 Å². The molecule has 0 aliphatic carbocycles. The second kappa shape index (κ2) is 8.74. The molecule has 1 amide bonds. The number of halogens is 3. The lowest BCUT2D eigenvalue weighted by molar-refractivity contribution is 0.0949. The number of nitrogens with one attached hydrogen (secondary N) is 1. The van der Waals surface area contributed by atoms with Crippen LogP contribution in [0.25, 0.3) is 0 Å². The van der Waals surface area contributed by atoms with E-state index < -0.39 is 0 Å². The molecule has 0 aliphatic heterocycles. The molecular formula is C17H17BrCl2N2O3. The lowest BCUT2D eigenvalue weighted by Gasteiger charge is -2.12. The standard InChI is InChI=1S/C17H17BrCl2N2O3/c1-22-14(18)9-11(15(25-2)17(22)24)16(23)21-7-3-4-10-5-6-12(19)13(20)8-10/h5-6,8-9H,3-4,7H2,1-2H3,(H,21,23). The minimum absolute atomic E-state index is 0.0210. The van der Waals surface area contributed by atoms with Crippen molar-refractivity contribution in [3.8, 4) is 5.75 Å². The number of ether oxygens (including phenoxy) is 1. The molecule has 0 spiro atoms. The second-order valence-corrected chi connectivity index (χ2v) is 7.01. The molecule has 1 aromatic heterocycles. The molecule has 134 valence electrons. The molecule has 0 bridgehead atoms. The predicted molar refractivity (Wildman–Crippen MR) is 103 cm³/mol. The van der Waals surface area contributed by atoms with Crippen molar-refractivity contribution in [3.63, 3.8) is 0 Å². The topological polar surface area (TPSA) is 60.3 Å². The van der Waals surface area contributed by atoms with E-state index in [0.717, 1.165) is 18.4 Å². The molecule has 8 heteroatoms. The highest BCUT2D eigenvalue weighted by Gasteiger charge is 2.18. The maximum atomic E-state index is 12.4. The Labute approximate surface area is 164 Å². The molecular weight excluding hydrogens is 431 g/mol. The summed E-state index contributed by atoms with van der Waals surface area (Å²) in [5, 5.41) is 3.82. The number of nitrogens with zero attached hydrogens (tertiary/aromatic N) is 1. The van der Waals surface area contributed by atoms with Gasteiger partial charge in [-0.15, -0.1) is 0 Å². The van der Waals surface area contributed by atoms with Crippen LogP contribution in [0.15, 0.2) is 33.7 Å². The van der Waals surface area contributed by atoms with Gasteiger partial charge in [0.1, 0.15) is 0 Å². The zero-order valence-electron chi connectivity index (χ0n) is 13.7. The summed E-state index contributed by atoms with van der Waals surface area (Å²) in [6, 6.07) is 7.03. The van der Waals surface area contributed by atoms with Crippen molar-refractivity contribution >= 4 is 45.0 Å². The van der Waals surface area contributed by atoms with Crippen molar-refractivity contribution in [2.24, 2.45) is 7.05 Å². The molecule has 0 fully saturated rings. The van der Waals surface area contributed by atoms with E-state index in [4.69, 9.17) is 27.9 Å². The summed E-state index contributed by atoms with van der Waals surface area (Å²) < 4.78 is 6.95. The monoisotopic (exact) mass is 446 g/mol. The van der Waals surface area contributed by atoms with Crippen LogP contribution in [-0.2, 0) is 13.5 Å². The van der Waals surface area contributed by atoms with Crippen molar-refractivity contribution < 1.29 is 9.53 Å². The fourth-order valence-electron chi connectivity index (χ4n) is 2.30. The first kappa shape index (κ1) is 19.8. The van der Waals surface area contributed by atoms with E-state index in [2.05, 4.69) is 21.2 Å². The predicted octanol–water partition coefficient (Wildman–Crippen LogP) is 3.83. The number of methoxy groups -OCH3 is 1. The van der Waals surface area contributed by atoms with Crippen LogP contribution in [0.5, 0.6) is 5.75 Å². The van der Waals surface area contributed by atoms with Crippen molar-refractivity contribution in [1.82, 2.24) is 9.88 Å². The van der Waals surface area contributed by atoms with Gasteiger partial charge in [-0.3, -0.25) is 9.59 Å². The molecule has 25 heavy (non-hydrogen) atoms. The fourth-order valence-corrected chi connectivity index (χ4v) is 3.01. The largest absolute Gasteiger partial charge is 0.491 e. The molecule has 0 saturated heterocycles. The van der Waals surface area contributed by atoms with Crippen molar-refractivity contribution in [2.75, 3.05) is 13.7 Å². The molecule has 0 aliphatic rings. The molecule has 2 rings (SSSR count). The number of amides is 1. The van der Waals surface area contributed by atoms with Crippen LogP contribution in [0.3, 0.4) is 0 Å². The van der Waals surface area contributed by atoms with E-state index in [1.807, 2.05) is 12.1 Å². The number of rotatable bonds is 6. The third kappa shape index (κ3) is 4.77. The highest BCUT2D eigenvalue weighted by Crippen LogP contribution is 2.23. The van der Waals surface area contributed by atoms with E-state index >= 15 is 0 Å². The Morgan fingerprint density at radius 1 is 1.28 bits per heavy atom. The minimum atomic E-state index is -0.377. The summed E-state index contributed by atoms with van der Waals surface area (Å²) in [6.07, 6.45) is 1.46. The number of aromatic nitrogens is 1. The molecule has 5 nitrogen and oxygen atoms in total. The van der Waals surface area contributed by atoms with E-state index in [0.29, 0.717) is 21.2 Å². The maximum absolute atomic E-state index is 12.4. The Bertz CT molecular complexity index is 853. The lowest BCUT2D eigenvalue weighted by atomic mass is 10.1. The number of hydrogen-bond donors (Lipinski definition) is 1. The first-order valence-electron chi connectivity index (χ1n) is 7.50. The molecule has 1 heterocycles. The summed E-state index contributed by atoms with van der Waals surface area (Å²) in [5.41, 5.74) is 0.863. The smallest absolute Gasteiger partial charge is 0.294 e. The van der Waals surface area contributed by atoms with Gasteiger partial charge in [-0.25, -0.2) is 0 Å². The second-order valence-electron chi connectivity index (χ2n) is 5.39. The zero-order valence-corrected chi connectivity index (χ0v) is 16.8. The van der Waals surface area contributed by atoms with Gasteiger partial charge in [-0.2, -0.15) is 0 Å². The van der Waals surface area contributed by atoms with E-state index in [-0.39, 0.29) is 22.8 Å². The molecule has 0 atom stereocenters. The van der Waals surface area contributed by atoms with Crippen LogP contribution in [0, 0.1) is 0 Å². The minimum Gasteiger partial charge on any atom is -0.491 e. The van der Waals surface area contributed by atoms with Crippen LogP contribution in [0.4, 0.5) is 0 Å². The van der Waals surface area contributed by atoms with E-state index in [1.54, 1.807) is 19.2 Å². The zero-order chi connectivity index (χ0) is 18.6. The molecule has 0 unspecified atom stereocenters. The molecule has 1 aromatic carbocycles. The Hall–Kier alpha value is -1.50. The molecule has 2 aromatic rings. The van der Waals surface area contributed by atoms with Gasteiger partial charge in [0.05, 0.1) is 27.3 Å². The average molecular weight is 448 g/mol. The van der Waals surface area contributed by atoms with Gasteiger partial charge in [0.15, 0.2) is 5.75 Å². The van der Waals surface area contributed by atoms with E-state index in [1.165, 1.54) is 11.7 Å². The summed E-state index contributed by atoms with van der Waals surface area (Å²) in [6.45, 7) is 0.453. The van der Waals surface area contributed by atoms with Crippen LogP contribution < -0.4 is 15.6 Å². The fraction of sp³-hybridized carbons (Fsp3) is 0.294. The lowest BCUT2D eigenvalue weighted by Crippen LogP contribution is -2.29. The number of hydrogen-bond acceptors (Lipinski definition) is 3. The van der Waals surface area contributed by atoms with Crippen molar-refractivity contribution in [1.29, 1.82) is 0 Å². The van der Waals surface area contributed by atoms with Gasteiger partial charge in [0.25, 0.3) is 11.5 Å². The summed E-state index contributed by atoms with van der Waals surface area (Å²) in [5.74, 6) is -0.336. The highest BCUT2D eigenvalue weighted by atomic mass is 79.9. The molecule has 0 radical (unpaired) electrons. The van der Waals surface area contributed by atoms with Gasteiger partial charge in [0, 0.05) is 13.6 Å². The van der Waals surface area contributed by atoms with Crippen molar-refractivity contribution in [2.45, 2.75) is 12.8 Å². The summed E-state index contributed by atoms with van der Waals surface area (Å²) >= 11 is 15.1. The van der Waals surface area contributed by atoms with Crippen molar-refractivity contribution in [3.05, 3.63) is 60.4 Å².